The molecule has 1 aliphatic heterocycles. The van der Waals surface area contributed by atoms with Gasteiger partial charge in [-0.3, -0.25) is 9.59 Å². The van der Waals surface area contributed by atoms with Crippen LogP contribution in [0.4, 0.5) is 0 Å². The van der Waals surface area contributed by atoms with Gasteiger partial charge in [0.15, 0.2) is 12.4 Å². The van der Waals surface area contributed by atoms with E-state index in [1.165, 1.54) is 77.0 Å². The smallest absolute Gasteiger partial charge is 0.306 e. The first kappa shape index (κ1) is 75.3. The zero-order chi connectivity index (χ0) is 58.9. The summed E-state index contributed by atoms with van der Waals surface area (Å²) >= 11 is 0. The normalized spacial score (nSPS) is 19.4. The topological polar surface area (TPSA) is 175 Å². The highest BCUT2D eigenvalue weighted by Gasteiger charge is 2.47. The molecule has 11 heteroatoms. The summed E-state index contributed by atoms with van der Waals surface area (Å²) in [7, 11) is 0. The molecule has 0 radical (unpaired) electrons. The average Bonchev–Trinajstić information content (AvgIpc) is 3.46. The summed E-state index contributed by atoms with van der Waals surface area (Å²) in [4.78, 5) is 26.6. The van der Waals surface area contributed by atoms with Crippen LogP contribution in [-0.4, -0.2) is 99.6 Å². The zero-order valence-electron chi connectivity index (χ0n) is 51.4. The molecule has 1 heterocycles. The minimum Gasteiger partial charge on any atom is -0.454 e. The first-order valence-corrected chi connectivity index (χ1v) is 32.7. The van der Waals surface area contributed by atoms with Gasteiger partial charge in [-0.2, -0.15) is 0 Å². The molecule has 1 rings (SSSR count). The Labute approximate surface area is 494 Å². The van der Waals surface area contributed by atoms with E-state index in [1.54, 1.807) is 6.08 Å². The Morgan fingerprint density at radius 3 is 1.47 bits per heavy atom. The van der Waals surface area contributed by atoms with Gasteiger partial charge in [-0.1, -0.05) is 271 Å². The Morgan fingerprint density at radius 2 is 0.951 bits per heavy atom. The fourth-order valence-electron chi connectivity index (χ4n) is 9.62. The van der Waals surface area contributed by atoms with E-state index in [2.05, 4.69) is 117 Å². The summed E-state index contributed by atoms with van der Waals surface area (Å²) in [5, 5.41) is 57.1. The number of allylic oxidation sites excluding steroid dienone is 17. The van der Waals surface area contributed by atoms with Crippen LogP contribution in [-0.2, 0) is 23.8 Å². The molecule has 81 heavy (non-hydrogen) atoms. The summed E-state index contributed by atoms with van der Waals surface area (Å²) < 4.78 is 17.6. The van der Waals surface area contributed by atoms with E-state index in [1.807, 2.05) is 12.2 Å². The van der Waals surface area contributed by atoms with Crippen molar-refractivity contribution >= 4 is 11.9 Å². The maximum absolute atomic E-state index is 13.5. The van der Waals surface area contributed by atoms with E-state index in [9.17, 15) is 35.1 Å². The fourth-order valence-corrected chi connectivity index (χ4v) is 9.62. The third-order valence-corrected chi connectivity index (χ3v) is 14.7. The maximum Gasteiger partial charge on any atom is 0.306 e. The van der Waals surface area contributed by atoms with E-state index < -0.39 is 67.4 Å². The fraction of sp³-hybridized carbons (Fsp3) is 0.714. The lowest BCUT2D eigenvalue weighted by Gasteiger charge is -2.41. The maximum atomic E-state index is 13.5. The van der Waals surface area contributed by atoms with Crippen molar-refractivity contribution in [1.82, 2.24) is 5.32 Å². The van der Waals surface area contributed by atoms with Crippen LogP contribution in [0.1, 0.15) is 258 Å². The van der Waals surface area contributed by atoms with Gasteiger partial charge in [0, 0.05) is 6.42 Å². The van der Waals surface area contributed by atoms with Gasteiger partial charge in [0.25, 0.3) is 0 Å². The van der Waals surface area contributed by atoms with Gasteiger partial charge in [0.2, 0.25) is 5.91 Å². The number of hydrogen-bond acceptors (Lipinski definition) is 10. The SMILES string of the molecule is CC/C=C\C/C=C\C/C=C\C/C=C\C/C=C\CCCCCCCCCCC(O)C(=O)NC(COC1OC(CO)C(O)C(O)C1OC(=O)CCCCCCCCC/C=C/C=C/C=C/CC)C(O)/C=C/CCCCCCCCCCCCC. The second-order valence-corrected chi connectivity index (χ2v) is 22.1. The Balaban J connectivity index is 2.65. The monoisotopic (exact) mass is 1130 g/mol. The van der Waals surface area contributed by atoms with Crippen LogP contribution >= 0.6 is 0 Å². The lowest BCUT2D eigenvalue weighted by Crippen LogP contribution is -2.61. The van der Waals surface area contributed by atoms with Crippen LogP contribution in [0.25, 0.3) is 0 Å². The Morgan fingerprint density at radius 1 is 0.506 bits per heavy atom. The highest BCUT2D eigenvalue weighted by molar-refractivity contribution is 5.80. The van der Waals surface area contributed by atoms with Crippen LogP contribution in [0.5, 0.6) is 0 Å². The first-order valence-electron chi connectivity index (χ1n) is 32.7. The molecule has 0 spiro atoms. The number of hydrogen-bond donors (Lipinski definition) is 6. The van der Waals surface area contributed by atoms with Gasteiger partial charge in [0.1, 0.15) is 24.4 Å². The van der Waals surface area contributed by atoms with Crippen molar-refractivity contribution in [2.75, 3.05) is 13.2 Å². The van der Waals surface area contributed by atoms with Crippen molar-refractivity contribution in [3.8, 4) is 0 Å². The van der Waals surface area contributed by atoms with Crippen molar-refractivity contribution < 1.29 is 49.3 Å². The Kier molecular flexibility index (Phi) is 52.8. The molecule has 464 valence electrons. The van der Waals surface area contributed by atoms with E-state index in [0.717, 1.165) is 135 Å². The standard InChI is InChI=1S/C70H119NO10/c1-4-7-10-13-16-19-22-25-27-28-29-30-31-32-33-34-35-37-39-42-45-48-51-54-57-63(74)69(78)71-61(62(73)56-53-50-47-44-41-38-24-21-18-15-12-9-6-3)60-79-70-68(67(77)66(76)64(59-72)80-70)81-65(75)58-55-52-49-46-43-40-36-26-23-20-17-14-11-8-5-2/h7-8,10-11,14,16-17,19-20,23,25,27,29-30,32-33,53,56,61-64,66-68,70,72-74,76-77H,4-6,9,12-13,15,18,21-22,24,26,28,31,34-52,54-55,57-60H2,1-3H3,(H,71,78)/b10-7-,11-8+,17-14+,19-16-,23-20+,27-25-,30-29-,33-32-,56-53+. The molecule has 8 unspecified atom stereocenters. The molecule has 0 saturated carbocycles. The minimum absolute atomic E-state index is 0.105. The van der Waals surface area contributed by atoms with Gasteiger partial charge >= 0.3 is 5.97 Å². The number of rotatable bonds is 54. The number of aliphatic hydroxyl groups is 5. The van der Waals surface area contributed by atoms with Crippen LogP contribution in [0.15, 0.2) is 109 Å². The number of amides is 1. The van der Waals surface area contributed by atoms with Crippen molar-refractivity contribution in [3.05, 3.63) is 109 Å². The summed E-state index contributed by atoms with van der Waals surface area (Å²) in [5.41, 5.74) is 0. The molecular weight excluding hydrogens is 1010 g/mol. The molecule has 1 fully saturated rings. The lowest BCUT2D eigenvalue weighted by atomic mass is 9.99. The molecule has 1 saturated heterocycles. The van der Waals surface area contributed by atoms with Gasteiger partial charge in [-0.15, -0.1) is 0 Å². The number of carbonyl (C=O) groups is 2. The molecule has 1 amide bonds. The number of esters is 1. The molecule has 0 bridgehead atoms. The quantitative estimate of drug-likeness (QED) is 0.0149. The predicted octanol–water partition coefficient (Wildman–Crippen LogP) is 16.1. The minimum atomic E-state index is -1.63. The third-order valence-electron chi connectivity index (χ3n) is 14.7. The summed E-state index contributed by atoms with van der Waals surface area (Å²) in [6.45, 7) is 5.54. The van der Waals surface area contributed by atoms with Crippen molar-refractivity contribution in [3.63, 3.8) is 0 Å². The van der Waals surface area contributed by atoms with Gasteiger partial charge in [-0.25, -0.2) is 0 Å². The summed E-state index contributed by atoms with van der Waals surface area (Å²) in [5.74, 6) is -1.22. The molecule has 11 nitrogen and oxygen atoms in total. The Bertz CT molecular complexity index is 1730. The molecule has 1 aliphatic rings. The number of aliphatic hydroxyl groups excluding tert-OH is 5. The van der Waals surface area contributed by atoms with Crippen LogP contribution < -0.4 is 5.32 Å². The highest BCUT2D eigenvalue weighted by Crippen LogP contribution is 2.26. The molecule has 0 aromatic rings. The number of nitrogens with one attached hydrogen (secondary N) is 1. The molecule has 0 aliphatic carbocycles. The number of ether oxygens (including phenoxy) is 3. The molecule has 8 atom stereocenters. The van der Waals surface area contributed by atoms with Crippen LogP contribution in [0.3, 0.4) is 0 Å². The van der Waals surface area contributed by atoms with E-state index >= 15 is 0 Å². The van der Waals surface area contributed by atoms with E-state index in [4.69, 9.17) is 14.2 Å². The average molecular weight is 1130 g/mol. The second kappa shape index (κ2) is 56.8. The summed E-state index contributed by atoms with van der Waals surface area (Å²) in [6, 6.07) is -1.04. The predicted molar refractivity (Wildman–Crippen MR) is 338 cm³/mol. The largest absolute Gasteiger partial charge is 0.454 e. The first-order chi connectivity index (χ1) is 39.7. The van der Waals surface area contributed by atoms with Crippen LogP contribution in [0.2, 0.25) is 0 Å². The van der Waals surface area contributed by atoms with Gasteiger partial charge in [-0.05, 0) is 89.9 Å². The number of unbranched alkanes of at least 4 members (excludes halogenated alkanes) is 26. The van der Waals surface area contributed by atoms with Crippen LogP contribution in [0, 0.1) is 0 Å². The molecule has 0 aromatic heterocycles. The third kappa shape index (κ3) is 44.5. The molecule has 6 N–H and O–H groups in total. The highest BCUT2D eigenvalue weighted by atomic mass is 16.7. The van der Waals surface area contributed by atoms with Gasteiger partial charge in [0.05, 0.1) is 25.4 Å². The van der Waals surface area contributed by atoms with E-state index in [0.29, 0.717) is 12.8 Å². The van der Waals surface area contributed by atoms with Crippen molar-refractivity contribution in [2.24, 2.45) is 0 Å². The zero-order valence-corrected chi connectivity index (χ0v) is 51.4. The molecular formula is C70H119NO10. The molecule has 0 aromatic carbocycles. The van der Waals surface area contributed by atoms with Crippen molar-refractivity contribution in [2.45, 2.75) is 307 Å². The van der Waals surface area contributed by atoms with E-state index in [-0.39, 0.29) is 19.4 Å². The Hall–Kier alpha value is -3.68. The summed E-state index contributed by atoms with van der Waals surface area (Å²) in [6.07, 6.45) is 66.9. The van der Waals surface area contributed by atoms with Gasteiger partial charge < -0.3 is 45.1 Å². The number of carbonyl (C=O) groups excluding carboxylic acids is 2. The second-order valence-electron chi connectivity index (χ2n) is 22.1. The lowest BCUT2D eigenvalue weighted by molar-refractivity contribution is -0.305. The van der Waals surface area contributed by atoms with Crippen molar-refractivity contribution in [1.29, 1.82) is 0 Å².